The van der Waals surface area contributed by atoms with Gasteiger partial charge in [-0.25, -0.2) is 4.39 Å². The number of nitro benzene ring substituents is 1. The zero-order valence-corrected chi connectivity index (χ0v) is 12.2. The zero-order valence-electron chi connectivity index (χ0n) is 10.6. The lowest BCUT2D eigenvalue weighted by Gasteiger charge is -2.08. The van der Waals surface area contributed by atoms with Gasteiger partial charge < -0.3 is 4.74 Å². The minimum absolute atomic E-state index is 0.0797. The first-order chi connectivity index (χ1) is 10.0. The quantitative estimate of drug-likeness (QED) is 0.464. The monoisotopic (exact) mass is 353 g/mol. The summed E-state index contributed by atoms with van der Waals surface area (Å²) in [5, 5.41) is 10.9. The lowest BCUT2D eigenvalue weighted by Crippen LogP contribution is -2.02. The molecule has 0 unspecified atom stereocenters. The Labute approximate surface area is 127 Å². The molecule has 0 spiro atoms. The van der Waals surface area contributed by atoms with Crippen molar-refractivity contribution < 1.29 is 18.8 Å². The SMILES string of the molecule is O=Cc1ccc([N+](=O)[O-])c(OCc2cc(Br)ccc2F)c1. The molecule has 0 heterocycles. The van der Waals surface area contributed by atoms with Crippen LogP contribution >= 0.6 is 15.9 Å². The van der Waals surface area contributed by atoms with E-state index in [0.29, 0.717) is 10.8 Å². The highest BCUT2D eigenvalue weighted by atomic mass is 79.9. The Kier molecular flexibility index (Phi) is 4.64. The number of carbonyl (C=O) groups is 1. The molecule has 0 aliphatic carbocycles. The summed E-state index contributed by atoms with van der Waals surface area (Å²) in [6.45, 7) is -0.186. The molecule has 0 atom stereocenters. The second-order valence-electron chi connectivity index (χ2n) is 4.13. The first-order valence-corrected chi connectivity index (χ1v) is 6.61. The van der Waals surface area contributed by atoms with E-state index in [-0.39, 0.29) is 29.2 Å². The Morgan fingerprint density at radius 1 is 1.29 bits per heavy atom. The van der Waals surface area contributed by atoms with Crippen LogP contribution < -0.4 is 4.74 Å². The fourth-order valence-electron chi connectivity index (χ4n) is 1.68. The average Bonchev–Trinajstić information content (AvgIpc) is 2.47. The molecule has 0 saturated carbocycles. The third-order valence-electron chi connectivity index (χ3n) is 2.71. The summed E-state index contributed by atoms with van der Waals surface area (Å²) in [5.74, 6) is -0.559. The van der Waals surface area contributed by atoms with Gasteiger partial charge in [0.05, 0.1) is 4.92 Å². The van der Waals surface area contributed by atoms with Crippen LogP contribution in [-0.4, -0.2) is 11.2 Å². The largest absolute Gasteiger partial charge is 0.482 e. The number of benzene rings is 2. The highest BCUT2D eigenvalue weighted by Crippen LogP contribution is 2.29. The molecule has 2 aromatic carbocycles. The van der Waals surface area contributed by atoms with E-state index >= 15 is 0 Å². The molecule has 0 amide bonds. The van der Waals surface area contributed by atoms with Crippen molar-refractivity contribution in [2.75, 3.05) is 0 Å². The number of nitro groups is 1. The van der Waals surface area contributed by atoms with Crippen LogP contribution in [0.3, 0.4) is 0 Å². The van der Waals surface area contributed by atoms with E-state index in [9.17, 15) is 19.3 Å². The first kappa shape index (κ1) is 15.1. The van der Waals surface area contributed by atoms with Gasteiger partial charge in [0.25, 0.3) is 0 Å². The van der Waals surface area contributed by atoms with Crippen LogP contribution in [0.5, 0.6) is 5.75 Å². The van der Waals surface area contributed by atoms with Gasteiger partial charge in [0, 0.05) is 21.7 Å². The Bertz CT molecular complexity index is 705. The van der Waals surface area contributed by atoms with E-state index < -0.39 is 10.7 Å². The third kappa shape index (κ3) is 3.63. The zero-order chi connectivity index (χ0) is 15.4. The maximum absolute atomic E-state index is 13.6. The predicted octanol–water partition coefficient (Wildman–Crippen LogP) is 3.89. The number of carbonyl (C=O) groups excluding carboxylic acids is 1. The van der Waals surface area contributed by atoms with Gasteiger partial charge in [-0.2, -0.15) is 0 Å². The van der Waals surface area contributed by atoms with Gasteiger partial charge in [-0.15, -0.1) is 0 Å². The summed E-state index contributed by atoms with van der Waals surface area (Å²) in [6.07, 6.45) is 0.552. The van der Waals surface area contributed by atoms with E-state index in [2.05, 4.69) is 15.9 Å². The molecule has 2 rings (SSSR count). The Morgan fingerprint density at radius 3 is 2.71 bits per heavy atom. The minimum atomic E-state index is -0.624. The lowest BCUT2D eigenvalue weighted by atomic mass is 10.2. The second-order valence-corrected chi connectivity index (χ2v) is 5.04. The number of hydrogen-bond acceptors (Lipinski definition) is 4. The molecule has 0 N–H and O–H groups in total. The molecule has 7 heteroatoms. The molecule has 0 aromatic heterocycles. The van der Waals surface area contributed by atoms with E-state index in [1.165, 1.54) is 36.4 Å². The maximum atomic E-state index is 13.6. The van der Waals surface area contributed by atoms with Gasteiger partial charge in [0.1, 0.15) is 18.7 Å². The lowest BCUT2D eigenvalue weighted by molar-refractivity contribution is -0.385. The molecule has 0 radical (unpaired) electrons. The van der Waals surface area contributed by atoms with Crippen molar-refractivity contribution in [3.05, 3.63) is 67.9 Å². The van der Waals surface area contributed by atoms with Crippen molar-refractivity contribution in [3.8, 4) is 5.75 Å². The van der Waals surface area contributed by atoms with E-state index in [1.54, 1.807) is 0 Å². The van der Waals surface area contributed by atoms with Crippen molar-refractivity contribution in [1.82, 2.24) is 0 Å². The first-order valence-electron chi connectivity index (χ1n) is 5.81. The topological polar surface area (TPSA) is 69.4 Å². The smallest absolute Gasteiger partial charge is 0.310 e. The van der Waals surface area contributed by atoms with Crippen LogP contribution in [0.1, 0.15) is 15.9 Å². The van der Waals surface area contributed by atoms with Crippen LogP contribution in [-0.2, 0) is 6.61 Å². The molecule has 0 aliphatic rings. The Hall–Kier alpha value is -2.28. The van der Waals surface area contributed by atoms with Crippen molar-refractivity contribution >= 4 is 27.9 Å². The van der Waals surface area contributed by atoms with Crippen molar-refractivity contribution in [1.29, 1.82) is 0 Å². The number of halogens is 2. The van der Waals surface area contributed by atoms with Crippen molar-refractivity contribution in [2.45, 2.75) is 6.61 Å². The Morgan fingerprint density at radius 2 is 2.05 bits per heavy atom. The number of aldehydes is 1. The van der Waals surface area contributed by atoms with Crippen LogP contribution in [0.2, 0.25) is 0 Å². The van der Waals surface area contributed by atoms with Gasteiger partial charge in [-0.1, -0.05) is 15.9 Å². The van der Waals surface area contributed by atoms with Crippen LogP contribution in [0, 0.1) is 15.9 Å². The number of rotatable bonds is 5. The minimum Gasteiger partial charge on any atom is -0.482 e. The normalized spacial score (nSPS) is 10.2. The molecular formula is C14H9BrFNO4. The van der Waals surface area contributed by atoms with Gasteiger partial charge in [0.2, 0.25) is 0 Å². The molecule has 0 aliphatic heterocycles. The van der Waals surface area contributed by atoms with Crippen molar-refractivity contribution in [2.24, 2.45) is 0 Å². The molecule has 2 aromatic rings. The predicted molar refractivity (Wildman–Crippen MR) is 76.9 cm³/mol. The summed E-state index contributed by atoms with van der Waals surface area (Å²) in [7, 11) is 0. The standard InChI is InChI=1S/C14H9BrFNO4/c15-11-2-3-12(16)10(6-11)8-21-14-5-9(7-18)1-4-13(14)17(19)20/h1-7H,8H2. The summed E-state index contributed by atoms with van der Waals surface area (Å²) < 4.78 is 19.6. The molecule has 0 bridgehead atoms. The fraction of sp³-hybridized carbons (Fsp3) is 0.0714. The third-order valence-corrected chi connectivity index (χ3v) is 3.20. The Balaban J connectivity index is 2.28. The summed E-state index contributed by atoms with van der Waals surface area (Å²) >= 11 is 3.21. The summed E-state index contributed by atoms with van der Waals surface area (Å²) in [4.78, 5) is 21.0. The van der Waals surface area contributed by atoms with Gasteiger partial charge in [-0.05, 0) is 30.3 Å². The molecule has 0 fully saturated rings. The average molecular weight is 354 g/mol. The van der Waals surface area contributed by atoms with Gasteiger partial charge >= 0.3 is 5.69 Å². The van der Waals surface area contributed by atoms with Gasteiger partial charge in [-0.3, -0.25) is 14.9 Å². The maximum Gasteiger partial charge on any atom is 0.310 e. The highest BCUT2D eigenvalue weighted by molar-refractivity contribution is 9.10. The summed E-state index contributed by atoms with van der Waals surface area (Å²) in [5.41, 5.74) is 0.205. The van der Waals surface area contributed by atoms with E-state index in [1.807, 2.05) is 0 Å². The molecule has 21 heavy (non-hydrogen) atoms. The second kappa shape index (κ2) is 6.45. The van der Waals surface area contributed by atoms with E-state index in [0.717, 1.165) is 0 Å². The molecular weight excluding hydrogens is 345 g/mol. The number of nitrogens with zero attached hydrogens (tertiary/aromatic N) is 1. The number of hydrogen-bond donors (Lipinski definition) is 0. The van der Waals surface area contributed by atoms with Crippen LogP contribution in [0.15, 0.2) is 40.9 Å². The highest BCUT2D eigenvalue weighted by Gasteiger charge is 2.16. The molecule has 5 nitrogen and oxygen atoms in total. The molecule has 108 valence electrons. The van der Waals surface area contributed by atoms with Crippen LogP contribution in [0.25, 0.3) is 0 Å². The van der Waals surface area contributed by atoms with Crippen molar-refractivity contribution in [3.63, 3.8) is 0 Å². The van der Waals surface area contributed by atoms with Crippen LogP contribution in [0.4, 0.5) is 10.1 Å². The van der Waals surface area contributed by atoms with Gasteiger partial charge in [0.15, 0.2) is 5.75 Å². The van der Waals surface area contributed by atoms with E-state index in [4.69, 9.17) is 4.74 Å². The fourth-order valence-corrected chi connectivity index (χ4v) is 2.09. The summed E-state index contributed by atoms with van der Waals surface area (Å²) in [6, 6.07) is 8.06. The molecule has 0 saturated heterocycles. The number of ether oxygens (including phenoxy) is 1.